The van der Waals surface area contributed by atoms with Crippen LogP contribution in [-0.2, 0) is 26.9 Å². The number of hydrogen-bond acceptors (Lipinski definition) is 0. The Morgan fingerprint density at radius 3 is 0.657 bits per heavy atom. The lowest BCUT2D eigenvalue weighted by Gasteiger charge is -1.98. The molecule has 8 aromatic carbocycles. The second kappa shape index (κ2) is 34.2. The average Bonchev–Trinajstić information content (AvgIpc) is 4.18. The molecule has 2 nitrogen and oxygen atoms in total. The molecule has 0 fully saturated rings. The van der Waals surface area contributed by atoms with Crippen molar-refractivity contribution < 1.29 is 0 Å². The van der Waals surface area contributed by atoms with Gasteiger partial charge >= 0.3 is 0 Å². The highest BCUT2D eigenvalue weighted by Crippen LogP contribution is 2.37. The van der Waals surface area contributed by atoms with Gasteiger partial charge < -0.3 is 9.13 Å². The molecule has 12 rings (SSSR count). The van der Waals surface area contributed by atoms with Gasteiger partial charge in [0, 0.05) is 63.0 Å². The maximum absolute atomic E-state index is 3.15. The van der Waals surface area contributed by atoms with Crippen LogP contribution in [0.2, 0.25) is 0 Å². The third-order valence-corrected chi connectivity index (χ3v) is 11.1. The van der Waals surface area contributed by atoms with E-state index in [9.17, 15) is 0 Å². The zero-order valence-corrected chi connectivity index (χ0v) is 47.2. The molecule has 0 radical (unpaired) electrons. The summed E-state index contributed by atoms with van der Waals surface area (Å²) >= 11 is 3.15. The second-order valence-corrected chi connectivity index (χ2v) is 16.3. The van der Waals surface area contributed by atoms with E-state index >= 15 is 0 Å². The van der Waals surface area contributed by atoms with Gasteiger partial charge in [0.25, 0.3) is 0 Å². The number of hydrogen-bond donors (Lipinski definition) is 0. The van der Waals surface area contributed by atoms with Crippen LogP contribution in [-0.4, -0.2) is 14.5 Å². The van der Waals surface area contributed by atoms with E-state index in [0.717, 1.165) is 18.2 Å². The number of fused-ring (bicyclic) bond motifs is 12. The van der Waals surface area contributed by atoms with Gasteiger partial charge in [-0.05, 0) is 81.6 Å². The van der Waals surface area contributed by atoms with Crippen molar-refractivity contribution in [3.05, 3.63) is 216 Å². The smallest absolute Gasteiger partial charge is 0.0488 e. The van der Waals surface area contributed by atoms with Crippen LogP contribution < -0.4 is 0 Å². The van der Waals surface area contributed by atoms with Gasteiger partial charge in [-0.1, -0.05) is 282 Å². The van der Waals surface area contributed by atoms with E-state index in [2.05, 4.69) is 247 Å². The summed E-state index contributed by atoms with van der Waals surface area (Å²) in [6, 6.07) is 68.7. The number of halogens is 1. The van der Waals surface area contributed by atoms with E-state index in [1.54, 1.807) is 0 Å². The molecule has 2 aliphatic rings. The number of nitrogens with zero attached hydrogens (tertiary/aromatic N) is 2. The summed E-state index contributed by atoms with van der Waals surface area (Å²) in [5.41, 5.74) is 16.7. The predicted molar refractivity (Wildman–Crippen MR) is 322 cm³/mol. The van der Waals surface area contributed by atoms with Crippen LogP contribution in [0, 0.1) is 0 Å². The Morgan fingerprint density at radius 1 is 0.300 bits per heavy atom. The van der Waals surface area contributed by atoms with Crippen molar-refractivity contribution in [2.45, 2.75) is 109 Å². The predicted octanol–water partition coefficient (Wildman–Crippen LogP) is 21.1. The highest BCUT2D eigenvalue weighted by Gasteiger charge is 2.17. The van der Waals surface area contributed by atoms with Gasteiger partial charge in [-0.3, -0.25) is 0 Å². The first-order valence-corrected chi connectivity index (χ1v) is 27.3. The minimum Gasteiger partial charge on any atom is -0.344 e. The minimum absolute atomic E-state index is 1.06. The monoisotopic (exact) mass is 997 g/mol. The molecule has 0 spiro atoms. The van der Waals surface area contributed by atoms with E-state index in [0.29, 0.717) is 0 Å². The van der Waals surface area contributed by atoms with Crippen molar-refractivity contribution >= 4 is 59.5 Å². The van der Waals surface area contributed by atoms with E-state index in [1.807, 2.05) is 76.2 Å². The number of para-hydroxylation sites is 4. The highest BCUT2D eigenvalue weighted by atomic mass is 79.9. The molecular weight excluding hydrogens is 913 g/mol. The molecular formula is C67H85BrN2. The number of rotatable bonds is 0. The van der Waals surface area contributed by atoms with Crippen molar-refractivity contribution in [1.82, 2.24) is 9.13 Å². The van der Waals surface area contributed by atoms with E-state index in [1.165, 1.54) is 94.5 Å². The van der Waals surface area contributed by atoms with Crippen LogP contribution in [0.3, 0.4) is 0 Å². The summed E-state index contributed by atoms with van der Waals surface area (Å²) in [6.45, 7) is 26.3. The molecule has 2 aromatic heterocycles. The maximum Gasteiger partial charge on any atom is 0.0488 e. The average molecular weight is 998 g/mol. The Bertz CT molecular complexity index is 2570. The quantitative estimate of drug-likeness (QED) is 0.134. The molecule has 0 saturated carbocycles. The Morgan fingerprint density at radius 2 is 0.457 bits per heavy atom. The lowest BCUT2D eigenvalue weighted by atomic mass is 10.1. The molecule has 10 aromatic rings. The van der Waals surface area contributed by atoms with Crippen LogP contribution in [0.4, 0.5) is 0 Å². The van der Waals surface area contributed by atoms with E-state index in [4.69, 9.17) is 0 Å². The molecule has 3 heteroatoms. The molecule has 2 aliphatic carbocycles. The molecule has 0 saturated heterocycles. The Labute approximate surface area is 433 Å². The summed E-state index contributed by atoms with van der Waals surface area (Å²) in [7, 11) is 4.23. The Kier molecular flexibility index (Phi) is 29.3. The van der Waals surface area contributed by atoms with Gasteiger partial charge in [0.2, 0.25) is 0 Å². The molecule has 70 heavy (non-hydrogen) atoms. The molecule has 0 bridgehead atoms. The van der Waals surface area contributed by atoms with Crippen molar-refractivity contribution in [2.75, 3.05) is 5.33 Å². The van der Waals surface area contributed by atoms with Crippen molar-refractivity contribution in [3.63, 3.8) is 0 Å². The van der Waals surface area contributed by atoms with Gasteiger partial charge in [-0.25, -0.2) is 0 Å². The van der Waals surface area contributed by atoms with Gasteiger partial charge in [-0.2, -0.15) is 0 Å². The molecule has 0 aliphatic heterocycles. The Balaban J connectivity index is 0.000000291. The number of aromatic nitrogens is 2. The van der Waals surface area contributed by atoms with Crippen molar-refractivity contribution in [3.8, 4) is 22.3 Å². The third-order valence-electron chi connectivity index (χ3n) is 11.1. The van der Waals surface area contributed by atoms with Gasteiger partial charge in [0.1, 0.15) is 0 Å². The first-order valence-electron chi connectivity index (χ1n) is 26.2. The van der Waals surface area contributed by atoms with Crippen LogP contribution in [0.1, 0.15) is 119 Å². The molecule has 370 valence electrons. The lowest BCUT2D eigenvalue weighted by molar-refractivity contribution is 1.01. The second-order valence-electron chi connectivity index (χ2n) is 15.1. The maximum atomic E-state index is 3.15. The summed E-state index contributed by atoms with van der Waals surface area (Å²) < 4.78 is 4.48. The van der Waals surface area contributed by atoms with E-state index < -0.39 is 0 Å². The largest absolute Gasteiger partial charge is 0.344 e. The normalized spacial score (nSPS) is 10.0. The number of benzene rings is 8. The van der Waals surface area contributed by atoms with Crippen molar-refractivity contribution in [1.29, 1.82) is 0 Å². The van der Waals surface area contributed by atoms with Crippen LogP contribution in [0.15, 0.2) is 194 Å². The molecule has 2 heterocycles. The highest BCUT2D eigenvalue weighted by molar-refractivity contribution is 9.09. The van der Waals surface area contributed by atoms with Crippen LogP contribution in [0.25, 0.3) is 65.9 Å². The third kappa shape index (κ3) is 15.4. The fourth-order valence-corrected chi connectivity index (χ4v) is 8.39. The van der Waals surface area contributed by atoms with Crippen molar-refractivity contribution in [2.24, 2.45) is 14.1 Å². The van der Waals surface area contributed by atoms with Gasteiger partial charge in [-0.15, -0.1) is 0 Å². The first kappa shape index (κ1) is 60.0. The zero-order chi connectivity index (χ0) is 51.8. The fraction of sp³-hybridized carbons (Fsp3) is 0.284. The lowest BCUT2D eigenvalue weighted by Crippen LogP contribution is -1.84. The number of alkyl halides is 1. The van der Waals surface area contributed by atoms with Gasteiger partial charge in [0.15, 0.2) is 0 Å². The van der Waals surface area contributed by atoms with Gasteiger partial charge in [0.05, 0.1) is 0 Å². The topological polar surface area (TPSA) is 9.86 Å². The Hall–Kier alpha value is -6.16. The van der Waals surface area contributed by atoms with E-state index in [-0.39, 0.29) is 0 Å². The summed E-state index contributed by atoms with van der Waals surface area (Å²) in [6.07, 6.45) is 3.46. The molecule has 0 atom stereocenters. The standard InChI is InChI=1S/2C13H11N.2C13H10.C3H8.C2H5Br.5C2H6/c2*1-14-12-8-4-2-6-10(12)11-7-3-5-9-13(11)14;2*1-3-7-12-10(5-1)9-11-6-2-4-8-13(11)12;1-3-2;1-2-3;5*1-2/h2*2-9H,1H3;2*1-8H,9H2;3H2,1-2H3;2H2,1H3;5*1-2H3. The zero-order valence-electron chi connectivity index (χ0n) is 45.6. The molecule has 0 unspecified atom stereocenters. The number of aryl methyl sites for hydroxylation is 2. The first-order chi connectivity index (χ1) is 34.5. The SMILES string of the molecule is CC.CC.CC.CC.CC.CCBr.CCC.Cn1c2ccccc2c2ccccc21.Cn1c2ccccc2c2ccccc21.c1ccc2c(c1)Cc1ccccc1-2.c1ccc2c(c1)Cc1ccccc1-2. The fourth-order valence-electron chi connectivity index (χ4n) is 8.39. The minimum atomic E-state index is 1.06. The molecule has 0 amide bonds. The summed E-state index contributed by atoms with van der Waals surface area (Å²) in [5, 5.41) is 6.42. The molecule has 0 N–H and O–H groups in total. The summed E-state index contributed by atoms with van der Waals surface area (Å²) in [4.78, 5) is 0. The summed E-state index contributed by atoms with van der Waals surface area (Å²) in [5.74, 6) is 0. The van der Waals surface area contributed by atoms with Crippen LogP contribution >= 0.6 is 15.9 Å². The van der Waals surface area contributed by atoms with Crippen LogP contribution in [0.5, 0.6) is 0 Å².